The van der Waals surface area contributed by atoms with Crippen molar-refractivity contribution in [2.24, 2.45) is 0 Å². The Morgan fingerprint density at radius 3 is 2.27 bits per heavy atom. The van der Waals surface area contributed by atoms with E-state index in [4.69, 9.17) is 4.74 Å². The predicted molar refractivity (Wildman–Crippen MR) is 121 cm³/mol. The number of hydrogen-bond donors (Lipinski definition) is 1. The molecule has 1 aliphatic heterocycles. The molecular formula is C21H36N2O5S2. The number of rotatable bonds is 9. The maximum Gasteiger partial charge on any atom is 0.184 e. The Labute approximate surface area is 182 Å². The van der Waals surface area contributed by atoms with Crippen LogP contribution < -0.4 is 10.1 Å². The van der Waals surface area contributed by atoms with Crippen molar-refractivity contribution < 1.29 is 21.6 Å². The molecule has 1 aliphatic rings. The van der Waals surface area contributed by atoms with Gasteiger partial charge in [-0.3, -0.25) is 4.90 Å². The zero-order chi connectivity index (χ0) is 22.9. The Morgan fingerprint density at radius 1 is 1.13 bits per heavy atom. The van der Waals surface area contributed by atoms with E-state index in [2.05, 4.69) is 37.9 Å². The normalized spacial score (nSPS) is 21.9. The van der Waals surface area contributed by atoms with Crippen molar-refractivity contribution in [3.8, 4) is 5.75 Å². The lowest BCUT2D eigenvalue weighted by Crippen LogP contribution is -2.54. The number of hydrogen-bond acceptors (Lipinski definition) is 7. The quantitative estimate of drug-likeness (QED) is 0.602. The zero-order valence-corrected chi connectivity index (χ0v) is 20.8. The van der Waals surface area contributed by atoms with Crippen molar-refractivity contribution >= 4 is 19.7 Å². The van der Waals surface area contributed by atoms with Gasteiger partial charge in [-0.2, -0.15) is 0 Å². The second kappa shape index (κ2) is 9.14. The molecule has 0 spiro atoms. The maximum absolute atomic E-state index is 13.5. The van der Waals surface area contributed by atoms with Crippen LogP contribution >= 0.6 is 0 Å². The van der Waals surface area contributed by atoms with Crippen LogP contribution in [0.25, 0.3) is 0 Å². The van der Waals surface area contributed by atoms with E-state index < -0.39 is 31.0 Å². The summed E-state index contributed by atoms with van der Waals surface area (Å²) in [6, 6.07) is 2.64. The van der Waals surface area contributed by atoms with Crippen molar-refractivity contribution in [3.63, 3.8) is 0 Å². The van der Waals surface area contributed by atoms with Crippen molar-refractivity contribution in [2.75, 3.05) is 38.2 Å². The van der Waals surface area contributed by atoms with Crippen LogP contribution in [-0.2, 0) is 19.7 Å². The third-order valence-electron chi connectivity index (χ3n) is 6.11. The van der Waals surface area contributed by atoms with Gasteiger partial charge in [0.05, 0.1) is 28.8 Å². The highest BCUT2D eigenvalue weighted by Crippen LogP contribution is 2.32. The minimum atomic E-state index is -3.85. The molecule has 9 heteroatoms. The number of sulfone groups is 2. The summed E-state index contributed by atoms with van der Waals surface area (Å²) >= 11 is 0. The van der Waals surface area contributed by atoms with Crippen molar-refractivity contribution in [1.82, 2.24) is 10.2 Å². The van der Waals surface area contributed by atoms with Gasteiger partial charge in [0.15, 0.2) is 19.7 Å². The van der Waals surface area contributed by atoms with Crippen molar-refractivity contribution in [2.45, 2.75) is 63.3 Å². The number of ether oxygens (including phenoxy) is 1. The van der Waals surface area contributed by atoms with E-state index >= 15 is 0 Å². The molecule has 1 fully saturated rings. The van der Waals surface area contributed by atoms with Gasteiger partial charge in [-0.15, -0.1) is 0 Å². The van der Waals surface area contributed by atoms with Gasteiger partial charge in [-0.1, -0.05) is 13.8 Å². The molecule has 2 atom stereocenters. The molecule has 1 heterocycles. The fraction of sp³-hybridized carbons (Fsp3) is 0.714. The SMILES string of the molecule is CCN(CC)C(C)(C)CN[C@H]1CS(=O)(=O)C[C@@H]1S(=O)(=O)c1cc(C)c(OC)cc1C. The Bertz CT molecular complexity index is 967. The Hall–Kier alpha value is -1.16. The van der Waals surface area contributed by atoms with Crippen LogP contribution in [0.1, 0.15) is 38.8 Å². The largest absolute Gasteiger partial charge is 0.496 e. The van der Waals surface area contributed by atoms with Gasteiger partial charge in [0.1, 0.15) is 5.75 Å². The third-order valence-corrected chi connectivity index (χ3v) is 10.4. The molecule has 0 unspecified atom stereocenters. The first-order valence-electron chi connectivity index (χ1n) is 10.4. The lowest BCUT2D eigenvalue weighted by Gasteiger charge is -2.38. The Morgan fingerprint density at radius 2 is 1.73 bits per heavy atom. The molecule has 1 aromatic carbocycles. The van der Waals surface area contributed by atoms with Crippen LogP contribution in [0.3, 0.4) is 0 Å². The van der Waals surface area contributed by atoms with Gasteiger partial charge < -0.3 is 10.1 Å². The summed E-state index contributed by atoms with van der Waals surface area (Å²) in [6.45, 7) is 14.0. The van der Waals surface area contributed by atoms with E-state index in [0.717, 1.165) is 13.1 Å². The fourth-order valence-electron chi connectivity index (χ4n) is 4.34. The smallest absolute Gasteiger partial charge is 0.184 e. The second-order valence-electron chi connectivity index (χ2n) is 8.72. The van der Waals surface area contributed by atoms with E-state index in [1.165, 1.54) is 7.11 Å². The summed E-state index contributed by atoms with van der Waals surface area (Å²) in [5.41, 5.74) is 1.04. The van der Waals surface area contributed by atoms with Crippen LogP contribution in [0.15, 0.2) is 17.0 Å². The summed E-state index contributed by atoms with van der Waals surface area (Å²) in [4.78, 5) is 2.45. The number of aryl methyl sites for hydroxylation is 2. The molecular weight excluding hydrogens is 424 g/mol. The topological polar surface area (TPSA) is 92.8 Å². The fourth-order valence-corrected chi connectivity index (χ4v) is 9.36. The van der Waals surface area contributed by atoms with Gasteiger partial charge >= 0.3 is 0 Å². The first-order chi connectivity index (χ1) is 13.8. The van der Waals surface area contributed by atoms with Crippen LogP contribution in [0.5, 0.6) is 5.75 Å². The Kier molecular flexibility index (Phi) is 7.65. The van der Waals surface area contributed by atoms with E-state index in [1.807, 2.05) is 0 Å². The lowest BCUT2D eigenvalue weighted by molar-refractivity contribution is 0.130. The molecule has 1 N–H and O–H groups in total. The third kappa shape index (κ3) is 5.18. The number of nitrogens with zero attached hydrogens (tertiary/aromatic N) is 1. The highest BCUT2D eigenvalue weighted by atomic mass is 32.2. The molecule has 0 aromatic heterocycles. The van der Waals surface area contributed by atoms with Crippen LogP contribution in [0.2, 0.25) is 0 Å². The standard InChI is InChI=1S/C21H36N2O5S2/c1-8-23(9-2)21(5,6)14-22-17-12-29(24,25)13-20(17)30(26,27)19-11-15(3)18(28-7)10-16(19)4/h10-11,17,20,22H,8-9,12-14H2,1-7H3/t17-,20-/m0/s1. The van der Waals surface area contributed by atoms with Crippen LogP contribution in [0, 0.1) is 13.8 Å². The van der Waals surface area contributed by atoms with E-state index in [9.17, 15) is 16.8 Å². The number of likely N-dealkylation sites (N-methyl/N-ethyl adjacent to an activating group) is 1. The second-order valence-corrected chi connectivity index (χ2v) is 13.0. The highest BCUT2D eigenvalue weighted by molar-refractivity contribution is 7.96. The van der Waals surface area contributed by atoms with E-state index in [1.54, 1.807) is 26.0 Å². The Balaban J connectivity index is 2.37. The molecule has 7 nitrogen and oxygen atoms in total. The average molecular weight is 461 g/mol. The van der Waals surface area contributed by atoms with Gasteiger partial charge in [0.25, 0.3) is 0 Å². The molecule has 0 saturated carbocycles. The number of methoxy groups -OCH3 is 1. The zero-order valence-electron chi connectivity index (χ0n) is 19.1. The summed E-state index contributed by atoms with van der Waals surface area (Å²) < 4.78 is 57.2. The molecule has 1 aromatic rings. The summed E-state index contributed by atoms with van der Waals surface area (Å²) in [5, 5.41) is 2.27. The van der Waals surface area contributed by atoms with E-state index in [-0.39, 0.29) is 21.9 Å². The average Bonchev–Trinajstić information content (AvgIpc) is 2.98. The summed E-state index contributed by atoms with van der Waals surface area (Å²) in [6.07, 6.45) is 0. The summed E-state index contributed by atoms with van der Waals surface area (Å²) in [7, 11) is -5.76. The first-order valence-corrected chi connectivity index (χ1v) is 13.7. The minimum Gasteiger partial charge on any atom is -0.496 e. The van der Waals surface area contributed by atoms with Gasteiger partial charge in [-0.05, 0) is 64.0 Å². The molecule has 30 heavy (non-hydrogen) atoms. The summed E-state index contributed by atoms with van der Waals surface area (Å²) in [5.74, 6) is 0.0870. The highest BCUT2D eigenvalue weighted by Gasteiger charge is 2.46. The molecule has 0 aliphatic carbocycles. The molecule has 2 rings (SSSR count). The van der Waals surface area contributed by atoms with Crippen LogP contribution in [0.4, 0.5) is 0 Å². The lowest BCUT2D eigenvalue weighted by atomic mass is 10.0. The maximum atomic E-state index is 13.5. The van der Waals surface area contributed by atoms with Crippen molar-refractivity contribution in [3.05, 3.63) is 23.3 Å². The number of nitrogens with one attached hydrogen (secondary N) is 1. The molecule has 172 valence electrons. The van der Waals surface area contributed by atoms with E-state index in [0.29, 0.717) is 23.4 Å². The molecule has 0 radical (unpaired) electrons. The van der Waals surface area contributed by atoms with Gasteiger partial charge in [-0.25, -0.2) is 16.8 Å². The van der Waals surface area contributed by atoms with Crippen LogP contribution in [-0.4, -0.2) is 76.8 Å². The molecule has 1 saturated heterocycles. The minimum absolute atomic E-state index is 0.167. The van der Waals surface area contributed by atoms with Gasteiger partial charge in [0, 0.05) is 18.1 Å². The predicted octanol–water partition coefficient (Wildman–Crippen LogP) is 1.96. The first kappa shape index (κ1) is 25.1. The van der Waals surface area contributed by atoms with Crippen molar-refractivity contribution in [1.29, 1.82) is 0 Å². The van der Waals surface area contributed by atoms with Gasteiger partial charge in [0.2, 0.25) is 0 Å². The molecule has 0 amide bonds. The molecule has 0 bridgehead atoms. The number of benzene rings is 1. The monoisotopic (exact) mass is 460 g/mol.